The topological polar surface area (TPSA) is 87.7 Å². The third-order valence-corrected chi connectivity index (χ3v) is 4.52. The molecule has 0 bridgehead atoms. The molecule has 0 saturated heterocycles. The van der Waals surface area contributed by atoms with Gasteiger partial charge in [-0.1, -0.05) is 83.3 Å². The fraction of sp³-hybridized carbons (Fsp3) is 0.250. The van der Waals surface area contributed by atoms with Crippen molar-refractivity contribution in [2.45, 2.75) is 19.1 Å². The van der Waals surface area contributed by atoms with E-state index in [0.29, 0.717) is 0 Å². The number of benzene rings is 2. The fourth-order valence-corrected chi connectivity index (χ4v) is 2.87. The molecule has 3 amide bonds. The number of ether oxygens (including phenoxy) is 1. The Balaban J connectivity index is 2.01. The zero-order chi connectivity index (χ0) is 20.4. The zero-order valence-electron chi connectivity index (χ0n) is 15.4. The minimum absolute atomic E-state index is 0.0968. The van der Waals surface area contributed by atoms with Gasteiger partial charge in [-0.3, -0.25) is 20.0 Å². The van der Waals surface area contributed by atoms with E-state index in [-0.39, 0.29) is 23.4 Å². The molecule has 2 aromatic rings. The number of carbonyl (C=O) groups is 3. The van der Waals surface area contributed by atoms with Crippen molar-refractivity contribution < 1.29 is 19.1 Å². The van der Waals surface area contributed by atoms with Crippen molar-refractivity contribution in [1.29, 1.82) is 0 Å². The van der Waals surface area contributed by atoms with Gasteiger partial charge in [0.25, 0.3) is 11.8 Å². The average Bonchev–Trinajstić information content (AvgIpc) is 2.72. The molecule has 2 rings (SSSR count). The zero-order valence-corrected chi connectivity index (χ0v) is 17.6. The molecule has 2 aromatic carbocycles. The van der Waals surface area contributed by atoms with Crippen LogP contribution in [-0.2, 0) is 27.4 Å². The molecule has 0 unspecified atom stereocenters. The third kappa shape index (κ3) is 7.18. The Morgan fingerprint density at radius 2 is 1.57 bits per heavy atom. The number of amides is 3. The Labute approximate surface area is 177 Å². The molecule has 0 radical (unpaired) electrons. The summed E-state index contributed by atoms with van der Waals surface area (Å²) < 4.78 is 5.43. The Hall–Kier alpha value is -2.62. The lowest BCUT2D eigenvalue weighted by molar-refractivity contribution is -0.138. The molecule has 28 heavy (non-hydrogen) atoms. The number of nitrogens with one attached hydrogen (secondary N) is 2. The maximum absolute atomic E-state index is 12.6. The first-order chi connectivity index (χ1) is 13.5. The molecule has 7 nitrogen and oxygen atoms in total. The van der Waals surface area contributed by atoms with Crippen molar-refractivity contribution in [3.05, 3.63) is 71.8 Å². The minimum Gasteiger partial charge on any atom is -0.445 e. The van der Waals surface area contributed by atoms with Gasteiger partial charge < -0.3 is 10.1 Å². The van der Waals surface area contributed by atoms with E-state index < -0.39 is 18.0 Å². The molecule has 0 aliphatic heterocycles. The van der Waals surface area contributed by atoms with Crippen LogP contribution in [0.2, 0.25) is 0 Å². The Kier molecular flexibility index (Phi) is 8.73. The summed E-state index contributed by atoms with van der Waals surface area (Å²) in [7, 11) is 1.46. The average molecular weight is 495 g/mol. The second-order valence-electron chi connectivity index (χ2n) is 6.01. The van der Waals surface area contributed by atoms with Gasteiger partial charge in [0.1, 0.15) is 12.6 Å². The fourth-order valence-electron chi connectivity index (χ4n) is 2.36. The van der Waals surface area contributed by atoms with Crippen LogP contribution in [0, 0.1) is 0 Å². The Morgan fingerprint density at radius 1 is 1.00 bits per heavy atom. The van der Waals surface area contributed by atoms with E-state index in [2.05, 4.69) is 10.7 Å². The second kappa shape index (κ2) is 11.3. The van der Waals surface area contributed by atoms with Crippen LogP contribution in [0.5, 0.6) is 0 Å². The first-order valence-corrected chi connectivity index (χ1v) is 10.2. The van der Waals surface area contributed by atoms with E-state index >= 15 is 0 Å². The highest BCUT2D eigenvalue weighted by atomic mass is 127. The molecule has 0 aliphatic carbocycles. The molecule has 148 valence electrons. The maximum atomic E-state index is 12.6. The van der Waals surface area contributed by atoms with Gasteiger partial charge in [0, 0.05) is 13.5 Å². The van der Waals surface area contributed by atoms with Crippen molar-refractivity contribution in [2.24, 2.45) is 0 Å². The number of halogens is 1. The molecule has 0 aromatic heterocycles. The maximum Gasteiger partial charge on any atom is 0.408 e. The molecule has 0 spiro atoms. The highest BCUT2D eigenvalue weighted by Gasteiger charge is 2.24. The number of nitrogens with zero attached hydrogens (tertiary/aromatic N) is 1. The van der Waals surface area contributed by atoms with Crippen LogP contribution in [0.4, 0.5) is 4.79 Å². The van der Waals surface area contributed by atoms with E-state index in [0.717, 1.165) is 16.1 Å². The summed E-state index contributed by atoms with van der Waals surface area (Å²) in [5.74, 6) is -0.750. The number of rotatable bonds is 7. The number of hydrazine groups is 1. The molecule has 0 fully saturated rings. The summed E-state index contributed by atoms with van der Waals surface area (Å²) >= 11 is 1.92. The monoisotopic (exact) mass is 495 g/mol. The second-order valence-corrected chi connectivity index (χ2v) is 6.77. The lowest BCUT2D eigenvalue weighted by Crippen LogP contribution is -2.54. The van der Waals surface area contributed by atoms with Gasteiger partial charge in [-0.05, 0) is 11.1 Å². The lowest BCUT2D eigenvalue weighted by atomic mass is 10.1. The Morgan fingerprint density at radius 3 is 2.14 bits per heavy atom. The first kappa shape index (κ1) is 21.7. The number of hydrogen-bond acceptors (Lipinski definition) is 4. The lowest BCUT2D eigenvalue weighted by Gasteiger charge is -2.23. The molecule has 8 heteroatoms. The summed E-state index contributed by atoms with van der Waals surface area (Å²) in [6.07, 6.45) is -0.442. The number of alkyl halides is 1. The molecule has 0 heterocycles. The highest BCUT2D eigenvalue weighted by Crippen LogP contribution is 2.06. The van der Waals surface area contributed by atoms with Gasteiger partial charge in [-0.15, -0.1) is 0 Å². The van der Waals surface area contributed by atoms with Gasteiger partial charge in [0.05, 0.1) is 4.43 Å². The predicted molar refractivity (Wildman–Crippen MR) is 113 cm³/mol. The van der Waals surface area contributed by atoms with Crippen molar-refractivity contribution >= 4 is 40.5 Å². The van der Waals surface area contributed by atoms with Crippen molar-refractivity contribution in [3.63, 3.8) is 0 Å². The van der Waals surface area contributed by atoms with Crippen LogP contribution in [0.15, 0.2) is 60.7 Å². The van der Waals surface area contributed by atoms with Crippen molar-refractivity contribution in [1.82, 2.24) is 15.8 Å². The molecular weight excluding hydrogens is 473 g/mol. The molecular formula is C20H22IN3O4. The van der Waals surface area contributed by atoms with Gasteiger partial charge >= 0.3 is 6.09 Å². The summed E-state index contributed by atoms with van der Waals surface area (Å²) in [6.45, 7) is 0.0968. The van der Waals surface area contributed by atoms with Crippen molar-refractivity contribution in [3.8, 4) is 0 Å². The Bertz CT molecular complexity index is 787. The van der Waals surface area contributed by atoms with Crippen LogP contribution in [0.25, 0.3) is 0 Å². The molecule has 1 atom stereocenters. The largest absolute Gasteiger partial charge is 0.445 e. The van der Waals surface area contributed by atoms with Gasteiger partial charge in [0.15, 0.2) is 0 Å². The van der Waals surface area contributed by atoms with Crippen LogP contribution < -0.4 is 10.7 Å². The number of hydrogen-bond donors (Lipinski definition) is 2. The summed E-state index contributed by atoms with van der Waals surface area (Å²) in [6, 6.07) is 17.6. The molecule has 2 N–H and O–H groups in total. The van der Waals surface area contributed by atoms with Crippen LogP contribution in [-0.4, -0.2) is 40.4 Å². The van der Waals surface area contributed by atoms with Crippen molar-refractivity contribution in [2.75, 3.05) is 11.5 Å². The van der Waals surface area contributed by atoms with Crippen LogP contribution in [0.3, 0.4) is 0 Å². The van der Waals surface area contributed by atoms with Crippen LogP contribution >= 0.6 is 22.6 Å². The normalized spacial score (nSPS) is 11.2. The van der Waals surface area contributed by atoms with E-state index in [4.69, 9.17) is 4.74 Å². The van der Waals surface area contributed by atoms with E-state index in [1.807, 2.05) is 83.3 Å². The van der Waals surface area contributed by atoms with Gasteiger partial charge in [-0.2, -0.15) is 0 Å². The first-order valence-electron chi connectivity index (χ1n) is 8.63. The molecule has 0 aliphatic rings. The number of alkyl carbamates (subject to hydrolysis) is 1. The van der Waals surface area contributed by atoms with E-state index in [1.165, 1.54) is 7.05 Å². The van der Waals surface area contributed by atoms with E-state index in [1.54, 1.807) is 0 Å². The summed E-state index contributed by atoms with van der Waals surface area (Å²) in [5.41, 5.74) is 4.21. The SMILES string of the molecule is CN(NC(=O)[C@H](Cc1ccccc1)NC(=O)OCc1ccccc1)C(=O)CI. The summed E-state index contributed by atoms with van der Waals surface area (Å²) in [5, 5.41) is 3.70. The molecule has 0 saturated carbocycles. The highest BCUT2D eigenvalue weighted by molar-refractivity contribution is 14.1. The number of carbonyl (C=O) groups excluding carboxylic acids is 3. The predicted octanol–water partition coefficient (Wildman–Crippen LogP) is 2.45. The smallest absolute Gasteiger partial charge is 0.408 e. The minimum atomic E-state index is -0.893. The quantitative estimate of drug-likeness (QED) is 0.351. The third-order valence-electron chi connectivity index (χ3n) is 3.87. The van der Waals surface area contributed by atoms with E-state index in [9.17, 15) is 14.4 Å². The van der Waals surface area contributed by atoms with Crippen LogP contribution in [0.1, 0.15) is 11.1 Å². The van der Waals surface area contributed by atoms with Gasteiger partial charge in [-0.25, -0.2) is 4.79 Å². The standard InChI is InChI=1S/C20H22IN3O4/c1-24(18(25)13-21)23-19(26)17(12-15-8-4-2-5-9-15)22-20(27)28-14-16-10-6-3-7-11-16/h2-11,17H,12-14H2,1H3,(H,22,27)(H,23,26)/t17-/m0/s1. The van der Waals surface area contributed by atoms with Gasteiger partial charge in [0.2, 0.25) is 0 Å². The summed E-state index contributed by atoms with van der Waals surface area (Å²) in [4.78, 5) is 36.5.